The topological polar surface area (TPSA) is 53.1 Å². The lowest BCUT2D eigenvalue weighted by molar-refractivity contribution is 0.387. The molecular formula is C15H22FN3OS. The molecule has 2 N–H and O–H groups in total. The number of anilines is 1. The molecule has 0 amide bonds. The minimum atomic E-state index is -0.420. The SMILES string of the molecule is CCC(CC)(Cn1c(N)nc2cc(F)c(OC)cc21)SC. The van der Waals surface area contributed by atoms with Gasteiger partial charge in [0.05, 0.1) is 18.1 Å². The summed E-state index contributed by atoms with van der Waals surface area (Å²) in [5.41, 5.74) is 7.42. The molecule has 0 unspecified atom stereocenters. The van der Waals surface area contributed by atoms with Crippen LogP contribution in [0.15, 0.2) is 12.1 Å². The highest BCUT2D eigenvalue weighted by Gasteiger charge is 2.27. The second-order valence-electron chi connectivity index (χ2n) is 5.13. The Labute approximate surface area is 128 Å². The second-order valence-corrected chi connectivity index (χ2v) is 6.40. The Morgan fingerprint density at radius 1 is 1.38 bits per heavy atom. The van der Waals surface area contributed by atoms with Crippen molar-refractivity contribution in [1.82, 2.24) is 9.55 Å². The van der Waals surface area contributed by atoms with Gasteiger partial charge < -0.3 is 15.0 Å². The van der Waals surface area contributed by atoms with Crippen LogP contribution in [0.5, 0.6) is 5.75 Å². The van der Waals surface area contributed by atoms with Crippen LogP contribution in [0.1, 0.15) is 26.7 Å². The van der Waals surface area contributed by atoms with Gasteiger partial charge in [0.15, 0.2) is 11.6 Å². The number of imidazole rings is 1. The summed E-state index contributed by atoms with van der Waals surface area (Å²) >= 11 is 1.84. The second kappa shape index (κ2) is 6.13. The third-order valence-electron chi connectivity index (χ3n) is 4.22. The molecule has 21 heavy (non-hydrogen) atoms. The predicted octanol–water partition coefficient (Wildman–Crippen LogP) is 3.69. The van der Waals surface area contributed by atoms with Crippen molar-refractivity contribution in [2.45, 2.75) is 38.0 Å². The Morgan fingerprint density at radius 2 is 2.05 bits per heavy atom. The summed E-state index contributed by atoms with van der Waals surface area (Å²) in [5.74, 6) is 0.209. The van der Waals surface area contributed by atoms with Crippen LogP contribution in [0.25, 0.3) is 11.0 Å². The van der Waals surface area contributed by atoms with Gasteiger partial charge in [-0.15, -0.1) is 0 Å². The fourth-order valence-electron chi connectivity index (χ4n) is 2.58. The average Bonchev–Trinajstić information content (AvgIpc) is 2.78. The van der Waals surface area contributed by atoms with Crippen molar-refractivity contribution in [2.75, 3.05) is 19.1 Å². The Hall–Kier alpha value is -1.43. The molecule has 0 saturated carbocycles. The van der Waals surface area contributed by atoms with Gasteiger partial charge in [-0.1, -0.05) is 13.8 Å². The number of methoxy groups -OCH3 is 1. The highest BCUT2D eigenvalue weighted by atomic mass is 32.2. The van der Waals surface area contributed by atoms with E-state index in [1.54, 1.807) is 6.07 Å². The van der Waals surface area contributed by atoms with E-state index in [4.69, 9.17) is 10.5 Å². The zero-order valence-electron chi connectivity index (χ0n) is 12.9. The summed E-state index contributed by atoms with van der Waals surface area (Å²) < 4.78 is 20.9. The fraction of sp³-hybridized carbons (Fsp3) is 0.533. The van der Waals surface area contributed by atoms with Crippen molar-refractivity contribution in [3.05, 3.63) is 17.9 Å². The molecule has 0 aliphatic carbocycles. The van der Waals surface area contributed by atoms with Crippen LogP contribution in [-0.2, 0) is 6.54 Å². The zero-order chi connectivity index (χ0) is 15.6. The molecule has 0 spiro atoms. The first-order valence-electron chi connectivity index (χ1n) is 7.04. The number of ether oxygens (including phenoxy) is 1. The molecule has 0 fully saturated rings. The Kier molecular flexibility index (Phi) is 4.66. The van der Waals surface area contributed by atoms with E-state index < -0.39 is 5.82 Å². The van der Waals surface area contributed by atoms with Gasteiger partial charge in [-0.3, -0.25) is 0 Å². The third-order valence-corrected chi connectivity index (χ3v) is 5.79. The van der Waals surface area contributed by atoms with Crippen LogP contribution in [-0.4, -0.2) is 27.7 Å². The van der Waals surface area contributed by atoms with Crippen LogP contribution >= 0.6 is 11.8 Å². The highest BCUT2D eigenvalue weighted by molar-refractivity contribution is 8.00. The molecule has 116 valence electrons. The van der Waals surface area contributed by atoms with Crippen LogP contribution in [0.2, 0.25) is 0 Å². The molecule has 1 aromatic carbocycles. The number of hydrogen-bond donors (Lipinski definition) is 1. The van der Waals surface area contributed by atoms with Crippen molar-refractivity contribution < 1.29 is 9.13 Å². The Balaban J connectivity index is 2.55. The van der Waals surface area contributed by atoms with E-state index in [0.717, 1.165) is 24.9 Å². The van der Waals surface area contributed by atoms with Crippen LogP contribution < -0.4 is 10.5 Å². The molecule has 6 heteroatoms. The van der Waals surface area contributed by atoms with E-state index in [9.17, 15) is 4.39 Å². The molecule has 0 saturated heterocycles. The van der Waals surface area contributed by atoms with E-state index in [0.29, 0.717) is 11.5 Å². The highest BCUT2D eigenvalue weighted by Crippen LogP contribution is 2.35. The summed E-state index contributed by atoms with van der Waals surface area (Å²) in [5, 5.41) is 0. The molecule has 0 radical (unpaired) electrons. The summed E-state index contributed by atoms with van der Waals surface area (Å²) in [6.07, 6.45) is 4.17. The number of rotatable bonds is 6. The molecule has 2 aromatic rings. The lowest BCUT2D eigenvalue weighted by atomic mass is 10.0. The molecule has 0 atom stereocenters. The number of fused-ring (bicyclic) bond motifs is 1. The van der Waals surface area contributed by atoms with Gasteiger partial charge in [-0.2, -0.15) is 11.8 Å². The number of halogens is 1. The first kappa shape index (κ1) is 15.9. The minimum Gasteiger partial charge on any atom is -0.494 e. The number of nitrogens with two attached hydrogens (primary N) is 1. The van der Waals surface area contributed by atoms with Crippen LogP contribution in [0, 0.1) is 5.82 Å². The van der Waals surface area contributed by atoms with E-state index >= 15 is 0 Å². The van der Waals surface area contributed by atoms with Crippen molar-refractivity contribution in [3.8, 4) is 5.75 Å². The van der Waals surface area contributed by atoms with E-state index in [1.165, 1.54) is 13.2 Å². The van der Waals surface area contributed by atoms with E-state index in [1.807, 2.05) is 16.3 Å². The van der Waals surface area contributed by atoms with E-state index in [2.05, 4.69) is 25.1 Å². The van der Waals surface area contributed by atoms with Crippen molar-refractivity contribution in [2.24, 2.45) is 0 Å². The lowest BCUT2D eigenvalue weighted by Gasteiger charge is -2.30. The standard InChI is InChI=1S/C15H22FN3OS/c1-5-15(6-2,21-4)9-19-12-8-13(20-3)10(16)7-11(12)18-14(19)17/h7-8H,5-6,9H2,1-4H3,(H2,17,18). The minimum absolute atomic E-state index is 0.101. The van der Waals surface area contributed by atoms with E-state index in [-0.39, 0.29) is 10.5 Å². The van der Waals surface area contributed by atoms with Crippen molar-refractivity contribution in [1.29, 1.82) is 0 Å². The smallest absolute Gasteiger partial charge is 0.201 e. The first-order chi connectivity index (χ1) is 10.00. The monoisotopic (exact) mass is 311 g/mol. The first-order valence-corrected chi connectivity index (χ1v) is 8.27. The summed E-state index contributed by atoms with van der Waals surface area (Å²) in [7, 11) is 1.46. The number of hydrogen-bond acceptors (Lipinski definition) is 4. The maximum atomic E-state index is 13.8. The molecular weight excluding hydrogens is 289 g/mol. The molecule has 1 heterocycles. The molecule has 1 aromatic heterocycles. The van der Waals surface area contributed by atoms with Gasteiger partial charge in [0.1, 0.15) is 0 Å². The third kappa shape index (κ3) is 2.81. The number of nitrogens with zero attached hydrogens (tertiary/aromatic N) is 2. The number of benzene rings is 1. The van der Waals surface area contributed by atoms with Gasteiger partial charge in [0, 0.05) is 23.4 Å². The van der Waals surface area contributed by atoms with Crippen LogP contribution in [0.3, 0.4) is 0 Å². The lowest BCUT2D eigenvalue weighted by Crippen LogP contribution is -2.29. The quantitative estimate of drug-likeness (QED) is 0.884. The summed E-state index contributed by atoms with van der Waals surface area (Å²) in [6, 6.07) is 3.05. The van der Waals surface area contributed by atoms with Gasteiger partial charge >= 0.3 is 0 Å². The predicted molar refractivity (Wildman–Crippen MR) is 87.5 cm³/mol. The molecule has 2 rings (SSSR count). The van der Waals surface area contributed by atoms with Gasteiger partial charge in [-0.25, -0.2) is 9.37 Å². The Bertz CT molecular complexity index is 629. The number of thioether (sulfide) groups is 1. The maximum absolute atomic E-state index is 13.8. The molecule has 0 aliphatic rings. The molecule has 4 nitrogen and oxygen atoms in total. The fourth-order valence-corrected chi connectivity index (χ4v) is 3.42. The molecule has 0 aliphatic heterocycles. The Morgan fingerprint density at radius 3 is 2.57 bits per heavy atom. The summed E-state index contributed by atoms with van der Waals surface area (Å²) in [6.45, 7) is 5.10. The van der Waals surface area contributed by atoms with Crippen molar-refractivity contribution >= 4 is 28.7 Å². The maximum Gasteiger partial charge on any atom is 0.201 e. The molecule has 0 bridgehead atoms. The van der Waals surface area contributed by atoms with Crippen LogP contribution in [0.4, 0.5) is 10.3 Å². The van der Waals surface area contributed by atoms with Gasteiger partial charge in [0.25, 0.3) is 0 Å². The average molecular weight is 311 g/mol. The van der Waals surface area contributed by atoms with Crippen molar-refractivity contribution in [3.63, 3.8) is 0 Å². The normalized spacial score (nSPS) is 12.0. The number of nitrogen functional groups attached to an aromatic ring is 1. The van der Waals surface area contributed by atoms with Gasteiger partial charge in [-0.05, 0) is 19.1 Å². The van der Waals surface area contributed by atoms with Gasteiger partial charge in [0.2, 0.25) is 5.95 Å². The zero-order valence-corrected chi connectivity index (χ0v) is 13.8. The summed E-state index contributed by atoms with van der Waals surface area (Å²) in [4.78, 5) is 4.27. The largest absolute Gasteiger partial charge is 0.494 e. The number of aromatic nitrogens is 2.